The number of aliphatic carboxylic acids is 1. The highest BCUT2D eigenvalue weighted by atomic mass is 32.1. The van der Waals surface area contributed by atoms with Gasteiger partial charge in [0.2, 0.25) is 0 Å². The molecule has 1 aromatic carbocycles. The number of amides is 1. The van der Waals surface area contributed by atoms with E-state index in [2.05, 4.69) is 11.9 Å². The molecule has 0 saturated carbocycles. The maximum atomic E-state index is 12.3. The van der Waals surface area contributed by atoms with Crippen LogP contribution in [0.2, 0.25) is 0 Å². The fourth-order valence-electron chi connectivity index (χ4n) is 2.09. The van der Waals surface area contributed by atoms with Gasteiger partial charge in [-0.2, -0.15) is 0 Å². The summed E-state index contributed by atoms with van der Waals surface area (Å²) < 4.78 is 1.03. The minimum atomic E-state index is -1.03. The van der Waals surface area contributed by atoms with Gasteiger partial charge in [0.25, 0.3) is 5.91 Å². The van der Waals surface area contributed by atoms with Crippen LogP contribution in [0.1, 0.15) is 28.8 Å². The summed E-state index contributed by atoms with van der Waals surface area (Å²) in [4.78, 5) is 23.5. The molecule has 0 aliphatic heterocycles. The molecule has 1 atom stereocenters. The Bertz CT molecular complexity index is 690. The van der Waals surface area contributed by atoms with E-state index in [-0.39, 0.29) is 5.91 Å². The second-order valence-corrected chi connectivity index (χ2v) is 5.79. The van der Waals surface area contributed by atoms with E-state index < -0.39 is 12.0 Å². The van der Waals surface area contributed by atoms with Crippen LogP contribution in [0.15, 0.2) is 36.2 Å². The van der Waals surface area contributed by atoms with Crippen molar-refractivity contribution in [2.45, 2.75) is 25.8 Å². The molecule has 0 aliphatic carbocycles. The monoisotopic (exact) mass is 303 g/mol. The maximum absolute atomic E-state index is 12.3. The Morgan fingerprint density at radius 2 is 2.24 bits per heavy atom. The second kappa shape index (κ2) is 6.54. The average molecular weight is 303 g/mol. The molecule has 0 fully saturated rings. The summed E-state index contributed by atoms with van der Waals surface area (Å²) in [6.45, 7) is 5.56. The molecule has 1 amide bonds. The number of hydrogen-bond donors (Lipinski definition) is 2. The molecule has 2 rings (SSSR count). The summed E-state index contributed by atoms with van der Waals surface area (Å²) >= 11 is 1.49. The number of carboxylic acids is 1. The zero-order valence-electron chi connectivity index (χ0n) is 11.8. The van der Waals surface area contributed by atoms with Gasteiger partial charge < -0.3 is 10.4 Å². The predicted octanol–water partition coefficient (Wildman–Crippen LogP) is 3.36. The number of carbonyl (C=O) groups is 2. The van der Waals surface area contributed by atoms with Gasteiger partial charge in [-0.3, -0.25) is 4.79 Å². The number of fused-ring (bicyclic) bond motifs is 1. The fourth-order valence-corrected chi connectivity index (χ4v) is 3.13. The smallest absolute Gasteiger partial charge is 0.326 e. The van der Waals surface area contributed by atoms with Crippen molar-refractivity contribution in [3.05, 3.63) is 47.4 Å². The third-order valence-electron chi connectivity index (χ3n) is 3.24. The maximum Gasteiger partial charge on any atom is 0.326 e. The quantitative estimate of drug-likeness (QED) is 0.804. The van der Waals surface area contributed by atoms with Crippen molar-refractivity contribution < 1.29 is 14.7 Å². The molecular formula is C16H17NO3S. The third kappa shape index (κ3) is 3.49. The summed E-state index contributed by atoms with van der Waals surface area (Å²) in [6.07, 6.45) is 2.53. The highest BCUT2D eigenvalue weighted by Gasteiger charge is 2.21. The number of thiophene rings is 1. The Morgan fingerprint density at radius 3 is 2.90 bits per heavy atom. The number of carbonyl (C=O) groups excluding carboxylic acids is 1. The summed E-state index contributed by atoms with van der Waals surface area (Å²) in [5, 5.41) is 14.4. The zero-order valence-corrected chi connectivity index (χ0v) is 12.6. The largest absolute Gasteiger partial charge is 0.480 e. The van der Waals surface area contributed by atoms with Crippen molar-refractivity contribution in [3.8, 4) is 0 Å². The number of allylic oxidation sites excluding steroid dienone is 1. The first-order chi connectivity index (χ1) is 10.0. The molecule has 1 heterocycles. The van der Waals surface area contributed by atoms with Gasteiger partial charge in [0.15, 0.2) is 0 Å². The molecule has 2 aromatic rings. The lowest BCUT2D eigenvalue weighted by atomic mass is 10.1. The number of aryl methyl sites for hydroxylation is 1. The highest BCUT2D eigenvalue weighted by Crippen LogP contribution is 2.27. The molecule has 0 bridgehead atoms. The number of carboxylic acid groups (broad SMARTS) is 1. The van der Waals surface area contributed by atoms with Crippen LogP contribution in [-0.4, -0.2) is 23.0 Å². The van der Waals surface area contributed by atoms with Crippen molar-refractivity contribution in [1.82, 2.24) is 5.32 Å². The zero-order chi connectivity index (χ0) is 15.4. The Labute approximate surface area is 127 Å². The normalized spacial score (nSPS) is 12.0. The number of benzene rings is 1. The number of hydrogen-bond acceptors (Lipinski definition) is 3. The highest BCUT2D eigenvalue weighted by molar-refractivity contribution is 7.17. The Kier molecular flexibility index (Phi) is 4.75. The van der Waals surface area contributed by atoms with Crippen molar-refractivity contribution in [2.75, 3.05) is 0 Å². The van der Waals surface area contributed by atoms with E-state index >= 15 is 0 Å². The molecule has 110 valence electrons. The topological polar surface area (TPSA) is 66.4 Å². The average Bonchev–Trinajstić information content (AvgIpc) is 2.85. The van der Waals surface area contributed by atoms with Crippen LogP contribution < -0.4 is 5.32 Å². The van der Waals surface area contributed by atoms with Gasteiger partial charge in [0.1, 0.15) is 6.04 Å². The van der Waals surface area contributed by atoms with E-state index in [1.54, 1.807) is 11.5 Å². The SMILES string of the molecule is C=CCCC(NC(=O)c1csc2cc(C)ccc12)C(=O)O. The minimum Gasteiger partial charge on any atom is -0.480 e. The molecule has 0 saturated heterocycles. The van der Waals surface area contributed by atoms with E-state index in [1.165, 1.54) is 11.3 Å². The molecule has 1 unspecified atom stereocenters. The molecule has 21 heavy (non-hydrogen) atoms. The minimum absolute atomic E-state index is 0.339. The van der Waals surface area contributed by atoms with Gasteiger partial charge in [0.05, 0.1) is 5.56 Å². The van der Waals surface area contributed by atoms with E-state index in [0.717, 1.165) is 15.6 Å². The van der Waals surface area contributed by atoms with Gasteiger partial charge in [0, 0.05) is 15.5 Å². The molecule has 0 radical (unpaired) electrons. The Hall–Kier alpha value is -2.14. The van der Waals surface area contributed by atoms with E-state index in [9.17, 15) is 9.59 Å². The van der Waals surface area contributed by atoms with Gasteiger partial charge in [-0.15, -0.1) is 17.9 Å². The molecule has 1 aromatic heterocycles. The lowest BCUT2D eigenvalue weighted by Crippen LogP contribution is -2.40. The van der Waals surface area contributed by atoms with Gasteiger partial charge >= 0.3 is 5.97 Å². The van der Waals surface area contributed by atoms with Crippen molar-refractivity contribution in [3.63, 3.8) is 0 Å². The first kappa shape index (κ1) is 15.3. The van der Waals surface area contributed by atoms with Crippen molar-refractivity contribution >= 4 is 33.3 Å². The van der Waals surface area contributed by atoms with Gasteiger partial charge in [-0.05, 0) is 31.4 Å². The third-order valence-corrected chi connectivity index (χ3v) is 4.18. The molecular weight excluding hydrogens is 286 g/mol. The second-order valence-electron chi connectivity index (χ2n) is 4.88. The van der Waals surface area contributed by atoms with Crippen LogP contribution in [0.3, 0.4) is 0 Å². The van der Waals surface area contributed by atoms with Gasteiger partial charge in [-0.25, -0.2) is 4.79 Å². The van der Waals surface area contributed by atoms with Crippen LogP contribution >= 0.6 is 11.3 Å². The first-order valence-electron chi connectivity index (χ1n) is 6.65. The molecule has 0 spiro atoms. The summed E-state index contributed by atoms with van der Waals surface area (Å²) in [5.74, 6) is -1.37. The van der Waals surface area contributed by atoms with E-state index in [1.807, 2.05) is 25.1 Å². The Balaban J connectivity index is 2.21. The lowest BCUT2D eigenvalue weighted by molar-refractivity contribution is -0.139. The molecule has 5 heteroatoms. The summed E-state index contributed by atoms with van der Waals surface area (Å²) in [6, 6.07) is 4.97. The molecule has 2 N–H and O–H groups in total. The molecule has 0 aliphatic rings. The lowest BCUT2D eigenvalue weighted by Gasteiger charge is -2.13. The summed E-state index contributed by atoms with van der Waals surface area (Å²) in [5.41, 5.74) is 1.66. The van der Waals surface area contributed by atoms with E-state index in [4.69, 9.17) is 5.11 Å². The molecule has 4 nitrogen and oxygen atoms in total. The first-order valence-corrected chi connectivity index (χ1v) is 7.53. The van der Waals surface area contributed by atoms with Crippen molar-refractivity contribution in [1.29, 1.82) is 0 Å². The number of nitrogens with one attached hydrogen (secondary N) is 1. The van der Waals surface area contributed by atoms with Crippen LogP contribution in [0.25, 0.3) is 10.1 Å². The van der Waals surface area contributed by atoms with Crippen LogP contribution in [0, 0.1) is 6.92 Å². The van der Waals surface area contributed by atoms with Gasteiger partial charge in [-0.1, -0.05) is 18.2 Å². The number of rotatable bonds is 6. The van der Waals surface area contributed by atoms with Crippen molar-refractivity contribution in [2.24, 2.45) is 0 Å². The predicted molar refractivity (Wildman–Crippen MR) is 84.9 cm³/mol. The van der Waals surface area contributed by atoms with Crippen LogP contribution in [-0.2, 0) is 4.79 Å². The fraction of sp³-hybridized carbons (Fsp3) is 0.250. The summed E-state index contributed by atoms with van der Waals surface area (Å²) in [7, 11) is 0. The Morgan fingerprint density at radius 1 is 1.48 bits per heavy atom. The standard InChI is InChI=1S/C16H17NO3S/c1-3-4-5-13(16(19)20)17-15(18)12-9-21-14-8-10(2)6-7-11(12)14/h3,6-9,13H,1,4-5H2,2H3,(H,17,18)(H,19,20). The van der Waals surface area contributed by atoms with Crippen LogP contribution in [0.4, 0.5) is 0 Å². The van der Waals surface area contributed by atoms with E-state index in [0.29, 0.717) is 18.4 Å². The van der Waals surface area contributed by atoms with Crippen LogP contribution in [0.5, 0.6) is 0 Å².